The first-order chi connectivity index (χ1) is 10.2. The van der Waals surface area contributed by atoms with Crippen LogP contribution in [0.15, 0.2) is 30.6 Å². The molecule has 3 rings (SSSR count). The maximum absolute atomic E-state index is 5.18. The van der Waals surface area contributed by atoms with Gasteiger partial charge in [0.25, 0.3) is 0 Å². The van der Waals surface area contributed by atoms with Crippen molar-refractivity contribution in [3.05, 3.63) is 53.4 Å². The second-order valence-corrected chi connectivity index (χ2v) is 4.90. The van der Waals surface area contributed by atoms with E-state index in [-0.39, 0.29) is 0 Å². The second-order valence-electron chi connectivity index (χ2n) is 4.90. The topological polar surface area (TPSA) is 68.6 Å². The molecule has 6 heteroatoms. The predicted molar refractivity (Wildman–Crippen MR) is 78.8 cm³/mol. The summed E-state index contributed by atoms with van der Waals surface area (Å²) in [4.78, 5) is 0. The van der Waals surface area contributed by atoms with Crippen LogP contribution in [0.1, 0.15) is 22.8 Å². The van der Waals surface area contributed by atoms with E-state index in [0.717, 1.165) is 34.2 Å². The monoisotopic (exact) mass is 283 g/mol. The summed E-state index contributed by atoms with van der Waals surface area (Å²) >= 11 is 0. The number of ether oxygens (including phenoxy) is 1. The number of nitrogens with zero attached hydrogens (tertiary/aromatic N) is 4. The Hall–Kier alpha value is -2.63. The van der Waals surface area contributed by atoms with Gasteiger partial charge in [-0.1, -0.05) is 0 Å². The summed E-state index contributed by atoms with van der Waals surface area (Å²) in [5.74, 6) is 1.71. The highest BCUT2D eigenvalue weighted by Gasteiger charge is 2.12. The van der Waals surface area contributed by atoms with Gasteiger partial charge in [-0.25, -0.2) is 0 Å². The van der Waals surface area contributed by atoms with Gasteiger partial charge in [-0.3, -0.25) is 9.67 Å². The second kappa shape index (κ2) is 5.40. The lowest BCUT2D eigenvalue weighted by atomic mass is 10.1. The molecule has 0 atom stereocenters. The van der Waals surface area contributed by atoms with Crippen molar-refractivity contribution in [2.45, 2.75) is 20.3 Å². The van der Waals surface area contributed by atoms with Gasteiger partial charge < -0.3 is 4.74 Å². The molecule has 0 aliphatic carbocycles. The number of H-pyrrole nitrogens is 1. The van der Waals surface area contributed by atoms with E-state index in [1.807, 2.05) is 42.7 Å². The van der Waals surface area contributed by atoms with Crippen molar-refractivity contribution in [2.24, 2.45) is 0 Å². The molecule has 0 bridgehead atoms. The third kappa shape index (κ3) is 2.52. The minimum absolute atomic E-state index is 0.695. The average molecular weight is 283 g/mol. The number of aryl methyl sites for hydroxylation is 2. The summed E-state index contributed by atoms with van der Waals surface area (Å²) in [6.45, 7) is 4.01. The van der Waals surface area contributed by atoms with Crippen molar-refractivity contribution >= 4 is 0 Å². The Morgan fingerprint density at radius 2 is 1.95 bits per heavy atom. The Balaban J connectivity index is 1.93. The van der Waals surface area contributed by atoms with Gasteiger partial charge in [0.15, 0.2) is 0 Å². The van der Waals surface area contributed by atoms with Crippen LogP contribution in [0.5, 0.6) is 5.75 Å². The van der Waals surface area contributed by atoms with Gasteiger partial charge in [-0.05, 0) is 38.1 Å². The number of rotatable bonds is 4. The largest absolute Gasteiger partial charge is 0.497 e. The summed E-state index contributed by atoms with van der Waals surface area (Å²) in [5, 5.41) is 15.5. The fraction of sp³-hybridized carbons (Fsp3) is 0.267. The zero-order valence-corrected chi connectivity index (χ0v) is 12.3. The van der Waals surface area contributed by atoms with Crippen LogP contribution in [-0.2, 0) is 6.42 Å². The van der Waals surface area contributed by atoms with E-state index >= 15 is 0 Å². The van der Waals surface area contributed by atoms with Gasteiger partial charge in [-0.2, -0.15) is 5.10 Å². The minimum Gasteiger partial charge on any atom is -0.497 e. The van der Waals surface area contributed by atoms with E-state index in [1.165, 1.54) is 0 Å². The molecule has 21 heavy (non-hydrogen) atoms. The standard InChI is InChI=1S/C15H17N5O/c1-10-14(11(2)18-17-10)8-15-19-16-9-20(15)12-4-6-13(21-3)7-5-12/h4-7,9H,8H2,1-3H3,(H,17,18). The fourth-order valence-electron chi connectivity index (χ4n) is 2.33. The molecule has 0 spiro atoms. The Morgan fingerprint density at radius 1 is 1.19 bits per heavy atom. The molecule has 2 aromatic heterocycles. The van der Waals surface area contributed by atoms with E-state index in [9.17, 15) is 0 Å². The van der Waals surface area contributed by atoms with Gasteiger partial charge in [0.2, 0.25) is 0 Å². The first-order valence-electron chi connectivity index (χ1n) is 6.73. The molecule has 3 aromatic rings. The molecule has 108 valence electrons. The molecule has 6 nitrogen and oxygen atoms in total. The number of hydrogen-bond acceptors (Lipinski definition) is 4. The molecule has 0 fully saturated rings. The highest BCUT2D eigenvalue weighted by molar-refractivity contribution is 5.39. The van der Waals surface area contributed by atoms with Gasteiger partial charge in [0.05, 0.1) is 12.8 Å². The lowest BCUT2D eigenvalue weighted by Gasteiger charge is -2.08. The van der Waals surface area contributed by atoms with E-state index in [2.05, 4.69) is 20.4 Å². The summed E-state index contributed by atoms with van der Waals surface area (Å²) in [6.07, 6.45) is 2.42. The van der Waals surface area contributed by atoms with Crippen molar-refractivity contribution in [3.8, 4) is 11.4 Å². The minimum atomic E-state index is 0.695. The molecule has 0 aliphatic heterocycles. The summed E-state index contributed by atoms with van der Waals surface area (Å²) in [7, 11) is 1.66. The third-order valence-electron chi connectivity index (χ3n) is 3.58. The summed E-state index contributed by atoms with van der Waals surface area (Å²) < 4.78 is 7.16. The average Bonchev–Trinajstić information content (AvgIpc) is 3.09. The molecule has 0 saturated carbocycles. The van der Waals surface area contributed by atoms with E-state index in [4.69, 9.17) is 4.74 Å². The van der Waals surface area contributed by atoms with Crippen LogP contribution in [0.2, 0.25) is 0 Å². The lowest BCUT2D eigenvalue weighted by molar-refractivity contribution is 0.414. The third-order valence-corrected chi connectivity index (χ3v) is 3.58. The number of hydrogen-bond donors (Lipinski definition) is 1. The van der Waals surface area contributed by atoms with Gasteiger partial charge in [0, 0.05) is 23.4 Å². The van der Waals surface area contributed by atoms with Crippen LogP contribution in [-0.4, -0.2) is 32.1 Å². The van der Waals surface area contributed by atoms with Gasteiger partial charge >= 0.3 is 0 Å². The fourth-order valence-corrected chi connectivity index (χ4v) is 2.33. The van der Waals surface area contributed by atoms with Crippen LogP contribution >= 0.6 is 0 Å². The van der Waals surface area contributed by atoms with Crippen LogP contribution in [0.4, 0.5) is 0 Å². The molecular weight excluding hydrogens is 266 g/mol. The molecule has 1 N–H and O–H groups in total. The zero-order chi connectivity index (χ0) is 14.8. The molecule has 0 amide bonds. The smallest absolute Gasteiger partial charge is 0.141 e. The molecule has 0 unspecified atom stereocenters. The van der Waals surface area contributed by atoms with E-state index < -0.39 is 0 Å². The Kier molecular flexibility index (Phi) is 3.43. The molecular formula is C15H17N5O. The van der Waals surface area contributed by atoms with Crippen molar-refractivity contribution in [1.82, 2.24) is 25.0 Å². The number of nitrogens with one attached hydrogen (secondary N) is 1. The number of methoxy groups -OCH3 is 1. The SMILES string of the molecule is COc1ccc(-n2cnnc2Cc2c(C)n[nH]c2C)cc1. The van der Waals surface area contributed by atoms with Gasteiger partial charge in [-0.15, -0.1) is 10.2 Å². The number of aromatic nitrogens is 5. The van der Waals surface area contributed by atoms with Crippen LogP contribution in [0.3, 0.4) is 0 Å². The Labute approximate surface area is 122 Å². The highest BCUT2D eigenvalue weighted by Crippen LogP contribution is 2.19. The Bertz CT molecular complexity index is 722. The van der Waals surface area contributed by atoms with E-state index in [0.29, 0.717) is 6.42 Å². The summed E-state index contributed by atoms with van der Waals surface area (Å²) in [5.41, 5.74) is 4.24. The van der Waals surface area contributed by atoms with Crippen LogP contribution < -0.4 is 4.74 Å². The predicted octanol–water partition coefficient (Wildman–Crippen LogP) is 2.21. The molecule has 1 aromatic carbocycles. The van der Waals surface area contributed by atoms with Gasteiger partial charge in [0.1, 0.15) is 17.9 Å². The Morgan fingerprint density at radius 3 is 2.57 bits per heavy atom. The quantitative estimate of drug-likeness (QED) is 0.797. The van der Waals surface area contributed by atoms with Crippen molar-refractivity contribution < 1.29 is 4.74 Å². The van der Waals surface area contributed by atoms with Crippen molar-refractivity contribution in [2.75, 3.05) is 7.11 Å². The zero-order valence-electron chi connectivity index (χ0n) is 12.3. The maximum Gasteiger partial charge on any atom is 0.141 e. The number of benzene rings is 1. The van der Waals surface area contributed by atoms with E-state index in [1.54, 1.807) is 13.4 Å². The molecule has 0 saturated heterocycles. The van der Waals surface area contributed by atoms with Crippen molar-refractivity contribution in [1.29, 1.82) is 0 Å². The molecule has 0 radical (unpaired) electrons. The molecule has 0 aliphatic rings. The van der Waals surface area contributed by atoms with Crippen LogP contribution in [0, 0.1) is 13.8 Å². The maximum atomic E-state index is 5.18. The van der Waals surface area contributed by atoms with Crippen molar-refractivity contribution in [3.63, 3.8) is 0 Å². The highest BCUT2D eigenvalue weighted by atomic mass is 16.5. The first-order valence-corrected chi connectivity index (χ1v) is 6.73. The lowest BCUT2D eigenvalue weighted by Crippen LogP contribution is -2.03. The summed E-state index contributed by atoms with van der Waals surface area (Å²) in [6, 6.07) is 7.82. The normalized spacial score (nSPS) is 10.8. The number of aromatic amines is 1. The first kappa shape index (κ1) is 13.4. The molecule has 2 heterocycles. The van der Waals surface area contributed by atoms with Crippen LogP contribution in [0.25, 0.3) is 5.69 Å².